The fourth-order valence-electron chi connectivity index (χ4n) is 0.804. The Hall–Kier alpha value is -1.27. The quantitative estimate of drug-likeness (QED) is 0.644. The van der Waals surface area contributed by atoms with Gasteiger partial charge in [-0.3, -0.25) is 0 Å². The minimum absolute atomic E-state index is 0.556. The zero-order valence-electron chi connectivity index (χ0n) is 6.16. The molecule has 0 saturated heterocycles. The molecular weight excluding hydrogens is 156 g/mol. The maximum atomic E-state index is 8.32. The van der Waals surface area contributed by atoms with Crippen LogP contribution in [0.1, 0.15) is 10.4 Å². The Balaban J connectivity index is 3.04. The van der Waals surface area contributed by atoms with Gasteiger partial charge in [0.1, 0.15) is 0 Å². The van der Waals surface area contributed by atoms with Crippen LogP contribution in [0.4, 0.5) is 0 Å². The van der Waals surface area contributed by atoms with Gasteiger partial charge in [0.05, 0.1) is 16.6 Å². The second-order valence-electron chi connectivity index (χ2n) is 2.16. The smallest absolute Gasteiger partial charge is 0.0934 e. The molecule has 0 aliphatic carbocycles. The standard InChI is InChI=1S/C8H8N2S/c1-6-3-5-11-8(6)7(10)2-4-9/h2-3,5H,10H2,1H3/b7-2-. The summed E-state index contributed by atoms with van der Waals surface area (Å²) < 4.78 is 0. The first-order chi connectivity index (χ1) is 5.25. The maximum Gasteiger partial charge on any atom is 0.0934 e. The van der Waals surface area contributed by atoms with Crippen LogP contribution in [0.25, 0.3) is 5.70 Å². The van der Waals surface area contributed by atoms with Gasteiger partial charge in [-0.2, -0.15) is 5.26 Å². The molecular formula is C8H8N2S. The summed E-state index contributed by atoms with van der Waals surface area (Å²) in [6.07, 6.45) is 1.36. The first-order valence-electron chi connectivity index (χ1n) is 3.15. The second kappa shape index (κ2) is 3.22. The lowest BCUT2D eigenvalue weighted by Crippen LogP contribution is -1.93. The lowest BCUT2D eigenvalue weighted by atomic mass is 10.2. The number of hydrogen-bond acceptors (Lipinski definition) is 3. The van der Waals surface area contributed by atoms with E-state index in [-0.39, 0.29) is 0 Å². The summed E-state index contributed by atoms with van der Waals surface area (Å²) in [6.45, 7) is 1.98. The van der Waals surface area contributed by atoms with Gasteiger partial charge >= 0.3 is 0 Å². The number of allylic oxidation sites excluding steroid dienone is 1. The minimum Gasteiger partial charge on any atom is -0.397 e. The molecule has 0 atom stereocenters. The Bertz CT molecular complexity index is 317. The number of nitrogens with two attached hydrogens (primary N) is 1. The topological polar surface area (TPSA) is 49.8 Å². The highest BCUT2D eigenvalue weighted by molar-refractivity contribution is 7.11. The Morgan fingerprint density at radius 1 is 1.82 bits per heavy atom. The van der Waals surface area contributed by atoms with Crippen molar-refractivity contribution in [2.45, 2.75) is 6.92 Å². The molecule has 0 fully saturated rings. The van der Waals surface area contributed by atoms with Crippen LogP contribution in [0.5, 0.6) is 0 Å². The lowest BCUT2D eigenvalue weighted by Gasteiger charge is -1.95. The van der Waals surface area contributed by atoms with Crippen molar-refractivity contribution in [1.82, 2.24) is 0 Å². The van der Waals surface area contributed by atoms with Crippen molar-refractivity contribution in [2.75, 3.05) is 0 Å². The molecule has 3 heteroatoms. The summed E-state index contributed by atoms with van der Waals surface area (Å²) in [5.41, 5.74) is 7.28. The molecule has 2 N–H and O–H groups in total. The van der Waals surface area contributed by atoms with Gasteiger partial charge in [0.15, 0.2) is 0 Å². The van der Waals surface area contributed by atoms with Crippen LogP contribution < -0.4 is 5.73 Å². The normalized spacial score (nSPS) is 11.1. The third-order valence-corrected chi connectivity index (χ3v) is 2.41. The predicted octanol–water partition coefficient (Wildman–Crippen LogP) is 1.88. The third-order valence-electron chi connectivity index (χ3n) is 1.34. The molecule has 56 valence electrons. The van der Waals surface area contributed by atoms with Gasteiger partial charge in [-0.15, -0.1) is 11.3 Å². The van der Waals surface area contributed by atoms with Crippen molar-refractivity contribution in [3.8, 4) is 6.07 Å². The van der Waals surface area contributed by atoms with Gasteiger partial charge in [-0.05, 0) is 23.9 Å². The van der Waals surface area contributed by atoms with Crippen molar-refractivity contribution < 1.29 is 0 Å². The average molecular weight is 164 g/mol. The fourth-order valence-corrected chi connectivity index (χ4v) is 1.66. The molecule has 0 amide bonds. The van der Waals surface area contributed by atoms with Gasteiger partial charge in [-0.25, -0.2) is 0 Å². The highest BCUT2D eigenvalue weighted by Crippen LogP contribution is 2.20. The number of nitriles is 1. The Kier molecular flexibility index (Phi) is 2.29. The SMILES string of the molecule is Cc1ccsc1/C(N)=C/C#N. The van der Waals surface area contributed by atoms with E-state index in [1.54, 1.807) is 11.3 Å². The molecule has 1 aromatic heterocycles. The van der Waals surface area contributed by atoms with Crippen LogP contribution in [-0.4, -0.2) is 0 Å². The average Bonchev–Trinajstić information content (AvgIpc) is 2.36. The molecule has 0 aliphatic rings. The van der Waals surface area contributed by atoms with Crippen molar-refractivity contribution in [3.63, 3.8) is 0 Å². The van der Waals surface area contributed by atoms with Crippen LogP contribution in [0.15, 0.2) is 17.5 Å². The van der Waals surface area contributed by atoms with Crippen LogP contribution in [0, 0.1) is 18.3 Å². The van der Waals surface area contributed by atoms with E-state index in [1.807, 2.05) is 24.4 Å². The largest absolute Gasteiger partial charge is 0.397 e. The number of thiophene rings is 1. The van der Waals surface area contributed by atoms with Crippen LogP contribution in [-0.2, 0) is 0 Å². The van der Waals surface area contributed by atoms with E-state index in [4.69, 9.17) is 11.0 Å². The van der Waals surface area contributed by atoms with E-state index in [1.165, 1.54) is 6.08 Å². The Labute approximate surface area is 69.6 Å². The molecule has 0 radical (unpaired) electrons. The van der Waals surface area contributed by atoms with Crippen LogP contribution in [0.2, 0.25) is 0 Å². The van der Waals surface area contributed by atoms with E-state index in [9.17, 15) is 0 Å². The van der Waals surface area contributed by atoms with Crippen molar-refractivity contribution in [2.24, 2.45) is 5.73 Å². The lowest BCUT2D eigenvalue weighted by molar-refractivity contribution is 1.47. The highest BCUT2D eigenvalue weighted by Gasteiger charge is 2.00. The highest BCUT2D eigenvalue weighted by atomic mass is 32.1. The summed E-state index contributed by atoms with van der Waals surface area (Å²) in [6, 6.07) is 3.89. The van der Waals surface area contributed by atoms with E-state index in [0.29, 0.717) is 5.70 Å². The molecule has 11 heavy (non-hydrogen) atoms. The van der Waals surface area contributed by atoms with Gasteiger partial charge < -0.3 is 5.73 Å². The molecule has 0 spiro atoms. The Morgan fingerprint density at radius 2 is 2.55 bits per heavy atom. The minimum atomic E-state index is 0.556. The van der Waals surface area contributed by atoms with Crippen LogP contribution >= 0.6 is 11.3 Å². The second-order valence-corrected chi connectivity index (χ2v) is 3.08. The molecule has 0 unspecified atom stereocenters. The molecule has 0 saturated carbocycles. The number of aryl methyl sites for hydroxylation is 1. The van der Waals surface area contributed by atoms with Gasteiger partial charge in [0.2, 0.25) is 0 Å². The molecule has 0 aromatic carbocycles. The van der Waals surface area contributed by atoms with Gasteiger partial charge in [0.25, 0.3) is 0 Å². The summed E-state index contributed by atoms with van der Waals surface area (Å²) in [5, 5.41) is 10.3. The monoisotopic (exact) mass is 164 g/mol. The van der Waals surface area contributed by atoms with Gasteiger partial charge in [0, 0.05) is 6.08 Å². The summed E-state index contributed by atoms with van der Waals surface area (Å²) >= 11 is 1.55. The number of rotatable bonds is 1. The predicted molar refractivity (Wildman–Crippen MR) is 46.8 cm³/mol. The Morgan fingerprint density at radius 3 is 3.00 bits per heavy atom. The van der Waals surface area contributed by atoms with E-state index >= 15 is 0 Å². The van der Waals surface area contributed by atoms with Crippen LogP contribution in [0.3, 0.4) is 0 Å². The zero-order chi connectivity index (χ0) is 8.27. The first kappa shape index (κ1) is 7.83. The number of hydrogen-bond donors (Lipinski definition) is 1. The zero-order valence-corrected chi connectivity index (χ0v) is 6.98. The first-order valence-corrected chi connectivity index (χ1v) is 4.03. The maximum absolute atomic E-state index is 8.32. The van der Waals surface area contributed by atoms with Crippen molar-refractivity contribution in [3.05, 3.63) is 28.0 Å². The molecule has 2 nitrogen and oxygen atoms in total. The summed E-state index contributed by atoms with van der Waals surface area (Å²) in [7, 11) is 0. The molecule has 1 aromatic rings. The van der Waals surface area contributed by atoms with E-state index in [2.05, 4.69) is 0 Å². The molecule has 1 rings (SSSR count). The summed E-state index contributed by atoms with van der Waals surface area (Å²) in [4.78, 5) is 0.992. The van der Waals surface area contributed by atoms with E-state index < -0.39 is 0 Å². The molecule has 0 aliphatic heterocycles. The van der Waals surface area contributed by atoms with E-state index in [0.717, 1.165) is 10.4 Å². The third kappa shape index (κ3) is 1.60. The molecule has 1 heterocycles. The summed E-state index contributed by atoms with van der Waals surface area (Å²) in [5.74, 6) is 0. The molecule has 0 bridgehead atoms. The van der Waals surface area contributed by atoms with Crippen molar-refractivity contribution in [1.29, 1.82) is 5.26 Å². The van der Waals surface area contributed by atoms with Gasteiger partial charge in [-0.1, -0.05) is 0 Å². The van der Waals surface area contributed by atoms with Crippen molar-refractivity contribution >= 4 is 17.0 Å². The number of nitrogens with zero attached hydrogens (tertiary/aromatic N) is 1. The fraction of sp³-hybridized carbons (Fsp3) is 0.125.